The number of aromatic nitrogens is 2. The van der Waals surface area contributed by atoms with E-state index in [4.69, 9.17) is 4.98 Å². The van der Waals surface area contributed by atoms with Crippen LogP contribution in [-0.4, -0.2) is 47.6 Å². The fraction of sp³-hybridized carbons (Fsp3) is 0.562. The molecule has 2 unspecified atom stereocenters. The zero-order valence-corrected chi connectivity index (χ0v) is 12.0. The van der Waals surface area contributed by atoms with E-state index in [0.717, 1.165) is 42.0 Å². The van der Waals surface area contributed by atoms with E-state index in [1.165, 1.54) is 25.8 Å². The van der Waals surface area contributed by atoms with Crippen LogP contribution in [0.4, 0.5) is 5.95 Å². The Hall–Kier alpha value is -1.55. The van der Waals surface area contributed by atoms with E-state index in [0.29, 0.717) is 0 Å². The molecule has 0 amide bonds. The van der Waals surface area contributed by atoms with Crippen molar-refractivity contribution >= 4 is 17.0 Å². The quantitative estimate of drug-likeness (QED) is 0.864. The molecule has 4 rings (SSSR count). The van der Waals surface area contributed by atoms with Crippen molar-refractivity contribution in [2.75, 3.05) is 31.6 Å². The molecule has 2 fully saturated rings. The lowest BCUT2D eigenvalue weighted by atomic mass is 9.84. The first-order valence-corrected chi connectivity index (χ1v) is 7.71. The third kappa shape index (κ3) is 1.99. The fourth-order valence-corrected chi connectivity index (χ4v) is 3.93. The molecule has 106 valence electrons. The van der Waals surface area contributed by atoms with Crippen LogP contribution in [-0.2, 0) is 0 Å². The SMILES string of the molecule is CN1CCCC2CN(c3nc4ccccc4[nH]3)CCC21. The molecule has 0 spiro atoms. The summed E-state index contributed by atoms with van der Waals surface area (Å²) < 4.78 is 0. The first-order chi connectivity index (χ1) is 9.81. The van der Waals surface area contributed by atoms with Gasteiger partial charge >= 0.3 is 0 Å². The van der Waals surface area contributed by atoms with Crippen LogP contribution in [0, 0.1) is 5.92 Å². The van der Waals surface area contributed by atoms with Gasteiger partial charge in [0.15, 0.2) is 0 Å². The van der Waals surface area contributed by atoms with Crippen LogP contribution in [0.3, 0.4) is 0 Å². The minimum Gasteiger partial charge on any atom is -0.342 e. The van der Waals surface area contributed by atoms with Crippen molar-refractivity contribution in [3.8, 4) is 0 Å². The van der Waals surface area contributed by atoms with Gasteiger partial charge in [0, 0.05) is 19.1 Å². The topological polar surface area (TPSA) is 35.2 Å². The number of piperidine rings is 2. The van der Waals surface area contributed by atoms with Crippen molar-refractivity contribution in [3.63, 3.8) is 0 Å². The number of hydrogen-bond donors (Lipinski definition) is 1. The van der Waals surface area contributed by atoms with Crippen LogP contribution in [0.15, 0.2) is 24.3 Å². The number of imidazole rings is 1. The largest absolute Gasteiger partial charge is 0.342 e. The Kier molecular flexibility index (Phi) is 2.91. The summed E-state index contributed by atoms with van der Waals surface area (Å²) in [7, 11) is 2.29. The number of anilines is 1. The third-order valence-electron chi connectivity index (χ3n) is 5.02. The van der Waals surface area contributed by atoms with E-state index in [9.17, 15) is 0 Å². The van der Waals surface area contributed by atoms with Crippen molar-refractivity contribution in [2.24, 2.45) is 5.92 Å². The van der Waals surface area contributed by atoms with Crippen LogP contribution in [0.25, 0.3) is 11.0 Å². The highest BCUT2D eigenvalue weighted by molar-refractivity contribution is 5.77. The maximum Gasteiger partial charge on any atom is 0.203 e. The normalized spacial score (nSPS) is 27.8. The highest BCUT2D eigenvalue weighted by Gasteiger charge is 2.34. The number of hydrogen-bond acceptors (Lipinski definition) is 3. The molecule has 2 aromatic rings. The van der Waals surface area contributed by atoms with Gasteiger partial charge in [0.2, 0.25) is 5.95 Å². The second-order valence-corrected chi connectivity index (χ2v) is 6.26. The maximum absolute atomic E-state index is 4.75. The number of fused-ring (bicyclic) bond motifs is 2. The molecule has 20 heavy (non-hydrogen) atoms. The van der Waals surface area contributed by atoms with Gasteiger partial charge in [-0.15, -0.1) is 0 Å². The number of H-pyrrole nitrogens is 1. The average Bonchev–Trinajstić information content (AvgIpc) is 2.91. The third-order valence-corrected chi connectivity index (χ3v) is 5.02. The molecule has 1 aromatic heterocycles. The number of benzene rings is 1. The highest BCUT2D eigenvalue weighted by atomic mass is 15.3. The number of likely N-dealkylation sites (tertiary alicyclic amines) is 1. The Morgan fingerprint density at radius 1 is 1.20 bits per heavy atom. The molecular formula is C16H22N4. The van der Waals surface area contributed by atoms with Gasteiger partial charge < -0.3 is 14.8 Å². The Morgan fingerprint density at radius 3 is 3.00 bits per heavy atom. The molecule has 2 aliphatic heterocycles. The molecule has 2 aliphatic rings. The van der Waals surface area contributed by atoms with Crippen LogP contribution < -0.4 is 4.90 Å². The van der Waals surface area contributed by atoms with Gasteiger partial charge in [-0.3, -0.25) is 0 Å². The summed E-state index contributed by atoms with van der Waals surface area (Å²) in [5, 5.41) is 0. The molecule has 2 saturated heterocycles. The van der Waals surface area contributed by atoms with Gasteiger partial charge in [0.25, 0.3) is 0 Å². The highest BCUT2D eigenvalue weighted by Crippen LogP contribution is 2.31. The molecule has 1 N–H and O–H groups in total. The number of nitrogens with one attached hydrogen (secondary N) is 1. The molecule has 4 nitrogen and oxygen atoms in total. The van der Waals surface area contributed by atoms with Crippen LogP contribution in [0.2, 0.25) is 0 Å². The first kappa shape index (κ1) is 12.2. The summed E-state index contributed by atoms with van der Waals surface area (Å²) in [4.78, 5) is 13.2. The first-order valence-electron chi connectivity index (χ1n) is 7.71. The minimum atomic E-state index is 0.782. The van der Waals surface area contributed by atoms with Crippen molar-refractivity contribution in [1.29, 1.82) is 0 Å². The summed E-state index contributed by atoms with van der Waals surface area (Å²) in [5.74, 6) is 1.86. The average molecular weight is 270 g/mol. The van der Waals surface area contributed by atoms with Crippen LogP contribution in [0.5, 0.6) is 0 Å². The molecule has 0 bridgehead atoms. The Labute approximate surface area is 119 Å². The zero-order chi connectivity index (χ0) is 13.5. The molecule has 3 heterocycles. The summed E-state index contributed by atoms with van der Waals surface area (Å²) in [6, 6.07) is 9.08. The van der Waals surface area contributed by atoms with E-state index < -0.39 is 0 Å². The molecule has 0 aliphatic carbocycles. The predicted octanol–water partition coefficient (Wildman–Crippen LogP) is 2.48. The summed E-state index contributed by atoms with van der Waals surface area (Å²) in [5.41, 5.74) is 2.22. The number of aromatic amines is 1. The summed E-state index contributed by atoms with van der Waals surface area (Å²) >= 11 is 0. The predicted molar refractivity (Wildman–Crippen MR) is 82.1 cm³/mol. The molecule has 4 heteroatoms. The van der Waals surface area contributed by atoms with E-state index in [1.54, 1.807) is 0 Å². The summed E-state index contributed by atoms with van der Waals surface area (Å²) in [6.07, 6.45) is 3.97. The molecule has 0 radical (unpaired) electrons. The molecule has 1 aromatic carbocycles. The van der Waals surface area contributed by atoms with Crippen molar-refractivity contribution in [1.82, 2.24) is 14.9 Å². The molecule has 0 saturated carbocycles. The second kappa shape index (κ2) is 4.77. The van der Waals surface area contributed by atoms with Gasteiger partial charge in [-0.25, -0.2) is 4.98 Å². The Bertz CT molecular complexity index is 572. The van der Waals surface area contributed by atoms with E-state index in [2.05, 4.69) is 46.1 Å². The number of nitrogens with zero attached hydrogens (tertiary/aromatic N) is 3. The van der Waals surface area contributed by atoms with Gasteiger partial charge in [-0.2, -0.15) is 0 Å². The van der Waals surface area contributed by atoms with Gasteiger partial charge in [0.1, 0.15) is 0 Å². The minimum absolute atomic E-state index is 0.782. The van der Waals surface area contributed by atoms with E-state index in [-0.39, 0.29) is 0 Å². The standard InChI is InChI=1S/C16H22N4/c1-19-9-4-5-12-11-20(10-8-15(12)19)16-17-13-6-2-3-7-14(13)18-16/h2-3,6-7,12,15H,4-5,8-11H2,1H3,(H,17,18). The van der Waals surface area contributed by atoms with Crippen molar-refractivity contribution in [2.45, 2.75) is 25.3 Å². The Balaban J connectivity index is 1.57. The summed E-state index contributed by atoms with van der Waals surface area (Å²) in [6.45, 7) is 3.53. The number of para-hydroxylation sites is 2. The van der Waals surface area contributed by atoms with E-state index in [1.807, 2.05) is 0 Å². The number of rotatable bonds is 1. The molecular weight excluding hydrogens is 248 g/mol. The molecule has 2 atom stereocenters. The van der Waals surface area contributed by atoms with Crippen molar-refractivity contribution in [3.05, 3.63) is 24.3 Å². The van der Waals surface area contributed by atoms with Crippen LogP contribution >= 0.6 is 0 Å². The van der Waals surface area contributed by atoms with Gasteiger partial charge in [-0.05, 0) is 50.9 Å². The lowest BCUT2D eigenvalue weighted by molar-refractivity contribution is 0.102. The maximum atomic E-state index is 4.75. The smallest absolute Gasteiger partial charge is 0.203 e. The van der Waals surface area contributed by atoms with Crippen molar-refractivity contribution < 1.29 is 0 Å². The van der Waals surface area contributed by atoms with Crippen LogP contribution in [0.1, 0.15) is 19.3 Å². The van der Waals surface area contributed by atoms with E-state index >= 15 is 0 Å². The van der Waals surface area contributed by atoms with Gasteiger partial charge in [-0.1, -0.05) is 12.1 Å². The zero-order valence-electron chi connectivity index (χ0n) is 12.0. The lowest BCUT2D eigenvalue weighted by Crippen LogP contribution is -2.53. The lowest BCUT2D eigenvalue weighted by Gasteiger charge is -2.45. The van der Waals surface area contributed by atoms with Gasteiger partial charge in [0.05, 0.1) is 11.0 Å². The fourth-order valence-electron chi connectivity index (χ4n) is 3.93. The second-order valence-electron chi connectivity index (χ2n) is 6.26. The monoisotopic (exact) mass is 270 g/mol. The Morgan fingerprint density at radius 2 is 2.10 bits per heavy atom.